The summed E-state index contributed by atoms with van der Waals surface area (Å²) < 4.78 is 50.4. The number of aliphatic hydroxyl groups excluding tert-OH is 1. The molecule has 0 saturated heterocycles. The number of carbonyl (C=O) groups is 1. The second kappa shape index (κ2) is 6.75. The third-order valence-corrected chi connectivity index (χ3v) is 6.50. The van der Waals surface area contributed by atoms with E-state index in [0.29, 0.717) is 23.9 Å². The average molecular weight is 445 g/mol. The monoisotopic (exact) mass is 445 g/mol. The van der Waals surface area contributed by atoms with Crippen molar-refractivity contribution in [3.63, 3.8) is 0 Å². The number of Topliss-reactive ketones (excluding diaryl/α,β-unsaturated/α-hetero) is 1. The molecule has 0 atom stereocenters. The number of alkyl halides is 2. The van der Waals surface area contributed by atoms with Gasteiger partial charge in [-0.05, 0) is 54.3 Å². The number of benzene rings is 2. The van der Waals surface area contributed by atoms with Gasteiger partial charge in [0.1, 0.15) is 11.6 Å². The van der Waals surface area contributed by atoms with Crippen LogP contribution in [0.2, 0.25) is 0 Å². The van der Waals surface area contributed by atoms with Crippen molar-refractivity contribution in [1.82, 2.24) is 4.98 Å². The minimum absolute atomic E-state index is 0.0718. The van der Waals surface area contributed by atoms with Crippen LogP contribution in [0.15, 0.2) is 36.4 Å². The van der Waals surface area contributed by atoms with E-state index < -0.39 is 22.9 Å². The van der Waals surface area contributed by atoms with E-state index in [2.05, 4.69) is 14.5 Å². The first-order chi connectivity index (χ1) is 15.0. The van der Waals surface area contributed by atoms with Gasteiger partial charge in [-0.1, -0.05) is 19.9 Å². The minimum atomic E-state index is -3.72. The van der Waals surface area contributed by atoms with E-state index in [1.54, 1.807) is 12.1 Å². The van der Waals surface area contributed by atoms with Gasteiger partial charge in [0.25, 0.3) is 0 Å². The molecule has 0 radical (unpaired) electrons. The molecule has 0 unspecified atom stereocenters. The molecular weight excluding hydrogens is 423 g/mol. The van der Waals surface area contributed by atoms with Crippen LogP contribution in [0.4, 0.5) is 13.2 Å². The Morgan fingerprint density at radius 2 is 1.84 bits per heavy atom. The second-order valence-electron chi connectivity index (χ2n) is 9.27. The molecule has 1 aliphatic heterocycles. The molecule has 2 N–H and O–H groups in total. The van der Waals surface area contributed by atoms with E-state index in [9.17, 15) is 23.1 Å². The normalized spacial score (nSPS) is 18.2. The van der Waals surface area contributed by atoms with Gasteiger partial charge in [-0.2, -0.15) is 0 Å². The smallest absolute Gasteiger partial charge is 0.395 e. The minimum Gasteiger partial charge on any atom is -0.395 e. The van der Waals surface area contributed by atoms with Crippen molar-refractivity contribution in [2.45, 2.75) is 50.2 Å². The maximum Gasteiger partial charge on any atom is 0.586 e. The fourth-order valence-electron chi connectivity index (χ4n) is 4.23. The molecule has 0 spiro atoms. The quantitative estimate of drug-likeness (QED) is 0.575. The molecule has 5 nitrogen and oxygen atoms in total. The third kappa shape index (κ3) is 3.33. The van der Waals surface area contributed by atoms with Crippen LogP contribution in [-0.4, -0.2) is 28.8 Å². The molecule has 2 aliphatic rings. The molecule has 0 amide bonds. The number of carbonyl (C=O) groups excluding carboxylic acids is 1. The first-order valence-corrected chi connectivity index (χ1v) is 10.4. The Morgan fingerprint density at radius 3 is 2.53 bits per heavy atom. The van der Waals surface area contributed by atoms with Crippen molar-refractivity contribution in [2.75, 3.05) is 6.61 Å². The summed E-state index contributed by atoms with van der Waals surface area (Å²) in [5.41, 5.74) is 0.854. The highest BCUT2D eigenvalue weighted by Crippen LogP contribution is 2.52. The lowest BCUT2D eigenvalue weighted by molar-refractivity contribution is -0.286. The topological polar surface area (TPSA) is 71.6 Å². The number of rotatable bonds is 6. The lowest BCUT2D eigenvalue weighted by Crippen LogP contribution is -2.26. The molecule has 1 saturated carbocycles. The molecule has 0 bridgehead atoms. The highest BCUT2D eigenvalue weighted by atomic mass is 19.3. The number of ketones is 1. The molecule has 2 aromatic carbocycles. The molecule has 1 fully saturated rings. The maximum absolute atomic E-state index is 14.8. The van der Waals surface area contributed by atoms with Gasteiger partial charge in [-0.25, -0.2) is 4.39 Å². The predicted octanol–water partition coefficient (Wildman–Crippen LogP) is 4.74. The van der Waals surface area contributed by atoms with Crippen LogP contribution in [0.5, 0.6) is 11.5 Å². The number of hydrogen-bond donors (Lipinski definition) is 2. The number of aliphatic hydroxyl groups is 1. The summed E-state index contributed by atoms with van der Waals surface area (Å²) in [5, 5.41) is 10.3. The Balaban J connectivity index is 1.42. The number of ether oxygens (including phenoxy) is 2. The van der Waals surface area contributed by atoms with Crippen LogP contribution < -0.4 is 9.47 Å². The number of hydrogen-bond acceptors (Lipinski definition) is 4. The average Bonchev–Trinajstić information content (AvgIpc) is 3.34. The van der Waals surface area contributed by atoms with Gasteiger partial charge in [0, 0.05) is 28.4 Å². The number of aromatic nitrogens is 1. The lowest BCUT2D eigenvalue weighted by Gasteiger charge is -2.19. The van der Waals surface area contributed by atoms with E-state index in [0.717, 1.165) is 11.1 Å². The zero-order valence-corrected chi connectivity index (χ0v) is 17.6. The van der Waals surface area contributed by atoms with Crippen LogP contribution in [0.25, 0.3) is 10.9 Å². The number of nitrogens with one attached hydrogen (secondary N) is 1. The summed E-state index contributed by atoms with van der Waals surface area (Å²) in [6, 6.07) is 9.22. The van der Waals surface area contributed by atoms with Gasteiger partial charge >= 0.3 is 6.29 Å². The molecule has 2 heterocycles. The highest BCUT2D eigenvalue weighted by Gasteiger charge is 2.52. The lowest BCUT2D eigenvalue weighted by atomic mass is 9.87. The molecule has 3 aromatic rings. The Kier molecular flexibility index (Phi) is 4.40. The molecule has 168 valence electrons. The van der Waals surface area contributed by atoms with Gasteiger partial charge in [0.2, 0.25) is 0 Å². The van der Waals surface area contributed by atoms with Crippen molar-refractivity contribution in [2.24, 2.45) is 0 Å². The van der Waals surface area contributed by atoms with E-state index in [4.69, 9.17) is 0 Å². The summed E-state index contributed by atoms with van der Waals surface area (Å²) in [6.07, 6.45) is -2.72. The summed E-state index contributed by atoms with van der Waals surface area (Å²) in [4.78, 5) is 16.3. The molecule has 32 heavy (non-hydrogen) atoms. The standard InChI is InChI=1S/C24H22F3NO4/c1-22(2,12-29)20-8-14-7-13(16(25)11-17(14)28-20)9-21(30)23(5-6-23)15-3-4-18-19(10-15)32-24(26,27)31-18/h3-4,7-8,10-11,28-29H,5-6,9,12H2,1-2H3. The second-order valence-corrected chi connectivity index (χ2v) is 9.27. The van der Waals surface area contributed by atoms with E-state index in [-0.39, 0.29) is 35.9 Å². The third-order valence-electron chi connectivity index (χ3n) is 6.50. The van der Waals surface area contributed by atoms with Crippen molar-refractivity contribution in [3.05, 3.63) is 59.0 Å². The van der Waals surface area contributed by atoms with E-state index in [1.807, 2.05) is 19.9 Å². The first kappa shape index (κ1) is 20.9. The fourth-order valence-corrected chi connectivity index (χ4v) is 4.23. The van der Waals surface area contributed by atoms with Crippen molar-refractivity contribution < 1.29 is 32.5 Å². The van der Waals surface area contributed by atoms with E-state index >= 15 is 0 Å². The van der Waals surface area contributed by atoms with Crippen LogP contribution >= 0.6 is 0 Å². The number of aromatic amines is 1. The summed E-state index contributed by atoms with van der Waals surface area (Å²) in [6.45, 7) is 3.67. The SMILES string of the molecule is CC(C)(CO)c1cc2cc(CC(=O)C3(c4ccc5c(c4)OC(F)(F)O5)CC3)c(F)cc2[nH]1. The summed E-state index contributed by atoms with van der Waals surface area (Å²) in [5.74, 6) is -0.854. The predicted molar refractivity (Wildman–Crippen MR) is 111 cm³/mol. The van der Waals surface area contributed by atoms with Gasteiger partial charge in [-0.15, -0.1) is 8.78 Å². The van der Waals surface area contributed by atoms with Crippen molar-refractivity contribution in [1.29, 1.82) is 0 Å². The largest absolute Gasteiger partial charge is 0.586 e. The summed E-state index contributed by atoms with van der Waals surface area (Å²) in [7, 11) is 0. The number of fused-ring (bicyclic) bond motifs is 2. The van der Waals surface area contributed by atoms with Crippen LogP contribution in [0, 0.1) is 5.82 Å². The highest BCUT2D eigenvalue weighted by molar-refractivity contribution is 5.95. The molecule has 5 rings (SSSR count). The Bertz CT molecular complexity index is 1240. The van der Waals surface area contributed by atoms with Gasteiger partial charge in [0.15, 0.2) is 11.5 Å². The van der Waals surface area contributed by atoms with Gasteiger partial charge in [0.05, 0.1) is 12.0 Å². The van der Waals surface area contributed by atoms with Gasteiger partial charge in [-0.3, -0.25) is 4.79 Å². The molecular formula is C24H22F3NO4. The van der Waals surface area contributed by atoms with Crippen molar-refractivity contribution >= 4 is 16.7 Å². The first-order valence-electron chi connectivity index (χ1n) is 10.4. The molecule has 1 aromatic heterocycles. The zero-order chi connectivity index (χ0) is 22.9. The molecule has 1 aliphatic carbocycles. The van der Waals surface area contributed by atoms with Crippen molar-refractivity contribution in [3.8, 4) is 11.5 Å². The maximum atomic E-state index is 14.8. The Morgan fingerprint density at radius 1 is 1.12 bits per heavy atom. The zero-order valence-electron chi connectivity index (χ0n) is 17.6. The van der Waals surface area contributed by atoms with E-state index in [1.165, 1.54) is 18.2 Å². The van der Waals surface area contributed by atoms with Crippen LogP contribution in [0.1, 0.15) is 43.5 Å². The summed E-state index contributed by atoms with van der Waals surface area (Å²) >= 11 is 0. The number of H-pyrrole nitrogens is 1. The number of halogens is 3. The van der Waals surface area contributed by atoms with Crippen LogP contribution in [0.3, 0.4) is 0 Å². The fraction of sp³-hybridized carbons (Fsp3) is 0.375. The molecule has 8 heteroatoms. The Hall–Kier alpha value is -3.00. The van der Waals surface area contributed by atoms with Gasteiger partial charge < -0.3 is 19.6 Å². The Labute approximate surface area is 182 Å². The van der Waals surface area contributed by atoms with Crippen LogP contribution in [-0.2, 0) is 22.0 Å².